The van der Waals surface area contributed by atoms with Gasteiger partial charge in [-0.3, -0.25) is 9.36 Å². The van der Waals surface area contributed by atoms with Crippen molar-refractivity contribution in [2.24, 2.45) is 4.99 Å². The third-order valence-corrected chi connectivity index (χ3v) is 9.84. The average molecular weight is 670 g/mol. The highest BCUT2D eigenvalue weighted by Crippen LogP contribution is 2.43. The van der Waals surface area contributed by atoms with Crippen LogP contribution < -0.4 is 29.1 Å². The Labute approximate surface area is 280 Å². The van der Waals surface area contributed by atoms with Gasteiger partial charge in [0.15, 0.2) is 16.3 Å². The van der Waals surface area contributed by atoms with E-state index >= 15 is 0 Å². The summed E-state index contributed by atoms with van der Waals surface area (Å²) in [6, 6.07) is 27.0. The molecule has 1 atom stereocenters. The third kappa shape index (κ3) is 5.64. The predicted molar refractivity (Wildman–Crippen MR) is 184 cm³/mol. The van der Waals surface area contributed by atoms with Gasteiger partial charge in [0.2, 0.25) is 0 Å². The maximum atomic E-state index is 14.3. The number of halogens is 2. The number of methoxy groups -OCH3 is 1. The first-order chi connectivity index (χ1) is 22.4. The maximum absolute atomic E-state index is 14.3. The molecule has 0 unspecified atom stereocenters. The normalized spacial score (nSPS) is 15.5. The molecule has 1 aromatic heterocycles. The van der Waals surface area contributed by atoms with Gasteiger partial charge in [-0.25, -0.2) is 4.99 Å². The minimum Gasteiger partial charge on any atom is -0.496 e. The van der Waals surface area contributed by atoms with Gasteiger partial charge in [0.25, 0.3) is 5.56 Å². The largest absolute Gasteiger partial charge is 0.496 e. The number of thiazole rings is 1. The second-order valence-electron chi connectivity index (χ2n) is 11.0. The molecule has 0 spiro atoms. The van der Waals surface area contributed by atoms with E-state index in [0.29, 0.717) is 37.5 Å². The van der Waals surface area contributed by atoms with Crippen LogP contribution in [0.3, 0.4) is 0 Å². The summed E-state index contributed by atoms with van der Waals surface area (Å²) in [6.07, 6.45) is 3.59. The topological polar surface area (TPSA) is 62.0 Å². The van der Waals surface area contributed by atoms with Crippen LogP contribution in [0.5, 0.6) is 17.2 Å². The van der Waals surface area contributed by atoms with E-state index in [1.807, 2.05) is 72.2 Å². The molecule has 2 heterocycles. The summed E-state index contributed by atoms with van der Waals surface area (Å²) in [6.45, 7) is 2.63. The molecule has 0 radical (unpaired) electrons. The van der Waals surface area contributed by atoms with Crippen molar-refractivity contribution in [2.45, 2.75) is 32.4 Å². The number of para-hydroxylation sites is 1. The van der Waals surface area contributed by atoms with E-state index in [1.54, 1.807) is 19.2 Å². The van der Waals surface area contributed by atoms with Gasteiger partial charge in [0.05, 0.1) is 30.0 Å². The molecule has 7 rings (SSSR count). The van der Waals surface area contributed by atoms with E-state index in [9.17, 15) is 4.79 Å². The number of hydrogen-bond donors (Lipinski definition) is 0. The summed E-state index contributed by atoms with van der Waals surface area (Å²) in [5.41, 5.74) is 6.95. The second-order valence-corrected chi connectivity index (χ2v) is 12.9. The molecular weight excluding hydrogens is 639 g/mol. The number of aromatic nitrogens is 1. The Balaban J connectivity index is 1.32. The molecule has 232 valence electrons. The Morgan fingerprint density at radius 2 is 1.76 bits per heavy atom. The van der Waals surface area contributed by atoms with Crippen molar-refractivity contribution >= 4 is 46.3 Å². The van der Waals surface area contributed by atoms with Gasteiger partial charge < -0.3 is 14.2 Å². The monoisotopic (exact) mass is 668 g/mol. The Hall–Kier alpha value is -4.30. The zero-order valence-electron chi connectivity index (χ0n) is 25.3. The van der Waals surface area contributed by atoms with Gasteiger partial charge in [-0.05, 0) is 72.9 Å². The lowest BCUT2D eigenvalue weighted by molar-refractivity contribution is 0.269. The van der Waals surface area contributed by atoms with Crippen molar-refractivity contribution in [2.75, 3.05) is 13.7 Å². The molecule has 0 N–H and O–H groups in total. The van der Waals surface area contributed by atoms with Crippen molar-refractivity contribution < 1.29 is 14.2 Å². The van der Waals surface area contributed by atoms with Gasteiger partial charge in [-0.1, -0.05) is 89.1 Å². The summed E-state index contributed by atoms with van der Waals surface area (Å²) >= 11 is 13.8. The minimum absolute atomic E-state index is 0.0965. The molecule has 6 nitrogen and oxygen atoms in total. The van der Waals surface area contributed by atoms with Crippen LogP contribution in [-0.2, 0) is 13.0 Å². The summed E-state index contributed by atoms with van der Waals surface area (Å²) in [5, 5.41) is 1.10. The number of aryl methyl sites for hydroxylation is 1. The Morgan fingerprint density at radius 3 is 2.59 bits per heavy atom. The molecule has 4 aromatic carbocycles. The van der Waals surface area contributed by atoms with Crippen LogP contribution in [0.4, 0.5) is 0 Å². The number of fused-ring (bicyclic) bond motifs is 3. The van der Waals surface area contributed by atoms with E-state index in [4.69, 9.17) is 42.4 Å². The molecule has 0 saturated heterocycles. The fourth-order valence-corrected chi connectivity index (χ4v) is 7.60. The summed E-state index contributed by atoms with van der Waals surface area (Å²) < 4.78 is 20.3. The minimum atomic E-state index is -0.327. The maximum Gasteiger partial charge on any atom is 0.271 e. The van der Waals surface area contributed by atoms with Crippen molar-refractivity contribution in [3.8, 4) is 17.2 Å². The van der Waals surface area contributed by atoms with Gasteiger partial charge in [0.1, 0.15) is 12.4 Å². The van der Waals surface area contributed by atoms with Crippen molar-refractivity contribution in [1.29, 1.82) is 0 Å². The molecule has 46 heavy (non-hydrogen) atoms. The fourth-order valence-electron chi connectivity index (χ4n) is 6.14. The number of hydrogen-bond acceptors (Lipinski definition) is 6. The number of rotatable bonds is 8. The fraction of sp³-hybridized carbons (Fsp3) is 0.189. The molecule has 1 aliphatic carbocycles. The molecule has 2 aliphatic rings. The van der Waals surface area contributed by atoms with Crippen LogP contribution >= 0.6 is 34.5 Å². The second kappa shape index (κ2) is 12.8. The lowest BCUT2D eigenvalue weighted by Crippen LogP contribution is -2.39. The molecule has 0 bridgehead atoms. The number of ether oxygens (including phenoxy) is 3. The molecule has 0 saturated carbocycles. The van der Waals surface area contributed by atoms with Crippen LogP contribution in [0.2, 0.25) is 10.0 Å². The quantitative estimate of drug-likeness (QED) is 0.171. The Morgan fingerprint density at radius 1 is 0.935 bits per heavy atom. The summed E-state index contributed by atoms with van der Waals surface area (Å²) in [5.74, 6) is 1.90. The van der Waals surface area contributed by atoms with E-state index in [0.717, 1.165) is 52.1 Å². The summed E-state index contributed by atoms with van der Waals surface area (Å²) in [4.78, 5) is 20.0. The number of benzene rings is 4. The highest BCUT2D eigenvalue weighted by atomic mass is 35.5. The molecule has 0 amide bonds. The lowest BCUT2D eigenvalue weighted by Gasteiger charge is -2.31. The number of nitrogens with zero attached hydrogens (tertiary/aromatic N) is 2. The van der Waals surface area contributed by atoms with E-state index in [-0.39, 0.29) is 18.2 Å². The van der Waals surface area contributed by atoms with E-state index in [1.165, 1.54) is 16.9 Å². The van der Waals surface area contributed by atoms with Gasteiger partial charge >= 0.3 is 0 Å². The molecule has 9 heteroatoms. The Kier molecular flexibility index (Phi) is 8.47. The standard InChI is InChI=1S/C37H30Cl2N2O4S/c1-3-44-32-18-22(12-17-31(32)45-21-24-13-15-25(38)20-29(24)39)19-33-36(42)41-35(27-10-6-7-11-30(27)43-2)28-16-14-23-8-4-5-9-26(23)34(28)40-37(41)46-33/h4-13,15,17-20,35H,3,14,16,21H2,1-2H3/b33-19-/t35-/m0/s1. The van der Waals surface area contributed by atoms with Crippen LogP contribution in [0.1, 0.15) is 47.2 Å². The van der Waals surface area contributed by atoms with Crippen LogP contribution in [0.25, 0.3) is 11.8 Å². The smallest absolute Gasteiger partial charge is 0.271 e. The van der Waals surface area contributed by atoms with Crippen molar-refractivity contribution in [3.63, 3.8) is 0 Å². The molecule has 1 aliphatic heterocycles. The third-order valence-electron chi connectivity index (χ3n) is 8.27. The zero-order valence-corrected chi connectivity index (χ0v) is 27.6. The summed E-state index contributed by atoms with van der Waals surface area (Å²) in [7, 11) is 1.67. The van der Waals surface area contributed by atoms with E-state index < -0.39 is 0 Å². The predicted octanol–water partition coefficient (Wildman–Crippen LogP) is 7.61. The zero-order chi connectivity index (χ0) is 31.8. The van der Waals surface area contributed by atoms with Crippen molar-refractivity contribution in [3.05, 3.63) is 148 Å². The van der Waals surface area contributed by atoms with Gasteiger partial charge in [0, 0.05) is 26.7 Å². The highest BCUT2D eigenvalue weighted by molar-refractivity contribution is 7.07. The number of allylic oxidation sites excluding steroid dienone is 1. The first kappa shape index (κ1) is 30.4. The first-order valence-electron chi connectivity index (χ1n) is 15.0. The van der Waals surface area contributed by atoms with Crippen LogP contribution in [0.15, 0.2) is 100 Å². The highest BCUT2D eigenvalue weighted by Gasteiger charge is 2.34. The molecule has 5 aromatic rings. The first-order valence-corrected chi connectivity index (χ1v) is 16.6. The van der Waals surface area contributed by atoms with Crippen LogP contribution in [-0.4, -0.2) is 18.3 Å². The lowest BCUT2D eigenvalue weighted by atomic mass is 9.83. The van der Waals surface area contributed by atoms with Crippen LogP contribution in [0, 0.1) is 0 Å². The van der Waals surface area contributed by atoms with Gasteiger partial charge in [-0.2, -0.15) is 0 Å². The Bertz CT molecular complexity index is 2190. The molecular formula is C37H30Cl2N2O4S. The average Bonchev–Trinajstić information content (AvgIpc) is 3.38. The van der Waals surface area contributed by atoms with E-state index in [2.05, 4.69) is 18.2 Å². The van der Waals surface area contributed by atoms with Gasteiger partial charge in [-0.15, -0.1) is 0 Å². The SMILES string of the molecule is CCOc1cc(/C=c2\sc3n(c2=O)[C@@H](c2ccccc2OC)C2=C(N=3)c3ccccc3CC2)ccc1OCc1ccc(Cl)cc1Cl. The van der Waals surface area contributed by atoms with Crippen molar-refractivity contribution in [1.82, 2.24) is 4.57 Å². The molecule has 0 fully saturated rings.